The average molecular weight is 216 g/mol. The maximum absolute atomic E-state index is 13.0. The lowest BCUT2D eigenvalue weighted by Crippen LogP contribution is -2.43. The molecule has 2 rings (SSSR count). The first kappa shape index (κ1) is 9.74. The molecule has 1 aliphatic rings. The van der Waals surface area contributed by atoms with Crippen molar-refractivity contribution in [3.8, 4) is 5.75 Å². The molecule has 1 aromatic rings. The molecule has 0 aromatic heterocycles. The summed E-state index contributed by atoms with van der Waals surface area (Å²) in [6.45, 7) is 0. The molecule has 1 fully saturated rings. The molecular formula is C10H11ClFNO. The van der Waals surface area contributed by atoms with Gasteiger partial charge in [-0.1, -0.05) is 11.6 Å². The Balaban J connectivity index is 2.00. The Morgan fingerprint density at radius 2 is 2.14 bits per heavy atom. The van der Waals surface area contributed by atoms with Crippen LogP contribution in [-0.4, -0.2) is 12.1 Å². The topological polar surface area (TPSA) is 35.2 Å². The minimum Gasteiger partial charge on any atom is -0.490 e. The Kier molecular flexibility index (Phi) is 2.61. The van der Waals surface area contributed by atoms with Gasteiger partial charge in [-0.25, -0.2) is 4.39 Å². The lowest BCUT2D eigenvalue weighted by Gasteiger charge is -2.32. The van der Waals surface area contributed by atoms with Gasteiger partial charge in [0.1, 0.15) is 17.7 Å². The zero-order valence-electron chi connectivity index (χ0n) is 7.54. The molecule has 76 valence electrons. The highest BCUT2D eigenvalue weighted by Crippen LogP contribution is 2.26. The molecule has 0 saturated heterocycles. The molecule has 4 heteroatoms. The summed E-state index contributed by atoms with van der Waals surface area (Å²) in [6.07, 6.45) is 1.81. The molecule has 0 amide bonds. The van der Waals surface area contributed by atoms with Gasteiger partial charge in [0.15, 0.2) is 0 Å². The van der Waals surface area contributed by atoms with Gasteiger partial charge in [-0.3, -0.25) is 0 Å². The number of nitrogens with two attached hydrogens (primary N) is 1. The number of hydrogen-bond acceptors (Lipinski definition) is 2. The summed E-state index contributed by atoms with van der Waals surface area (Å²) in [5.74, 6) is 0.0663. The first-order valence-corrected chi connectivity index (χ1v) is 4.90. The summed E-state index contributed by atoms with van der Waals surface area (Å²) < 4.78 is 18.5. The number of ether oxygens (including phenoxy) is 1. The zero-order chi connectivity index (χ0) is 10.1. The van der Waals surface area contributed by atoms with Crippen molar-refractivity contribution < 1.29 is 9.13 Å². The second-order valence-electron chi connectivity index (χ2n) is 3.55. The molecule has 0 radical (unpaired) electrons. The largest absolute Gasteiger partial charge is 0.490 e. The Labute approximate surface area is 86.8 Å². The van der Waals surface area contributed by atoms with E-state index in [2.05, 4.69) is 0 Å². The van der Waals surface area contributed by atoms with E-state index in [1.807, 2.05) is 0 Å². The quantitative estimate of drug-likeness (QED) is 0.822. The molecular weight excluding hydrogens is 205 g/mol. The van der Waals surface area contributed by atoms with E-state index < -0.39 is 5.82 Å². The van der Waals surface area contributed by atoms with E-state index in [0.717, 1.165) is 12.8 Å². The number of hydrogen-bond donors (Lipinski definition) is 1. The van der Waals surface area contributed by atoms with E-state index in [0.29, 0.717) is 5.75 Å². The van der Waals surface area contributed by atoms with Gasteiger partial charge < -0.3 is 10.5 Å². The SMILES string of the molecule is NC1CC(Oc2ccc(Cl)c(F)c2)C1. The van der Waals surface area contributed by atoms with Crippen LogP contribution in [0.4, 0.5) is 4.39 Å². The highest BCUT2D eigenvalue weighted by molar-refractivity contribution is 6.30. The van der Waals surface area contributed by atoms with Crippen LogP contribution in [0.3, 0.4) is 0 Å². The van der Waals surface area contributed by atoms with Gasteiger partial charge in [0.25, 0.3) is 0 Å². The molecule has 0 aliphatic heterocycles. The fourth-order valence-electron chi connectivity index (χ4n) is 1.45. The number of halogens is 2. The lowest BCUT2D eigenvalue weighted by atomic mass is 9.90. The molecule has 2 N–H and O–H groups in total. The minimum atomic E-state index is -0.451. The number of rotatable bonds is 2. The van der Waals surface area contributed by atoms with Crippen molar-refractivity contribution in [1.82, 2.24) is 0 Å². The normalized spacial score (nSPS) is 25.6. The smallest absolute Gasteiger partial charge is 0.145 e. The van der Waals surface area contributed by atoms with E-state index >= 15 is 0 Å². The van der Waals surface area contributed by atoms with Gasteiger partial charge in [0, 0.05) is 12.1 Å². The van der Waals surface area contributed by atoms with Gasteiger partial charge in [0.2, 0.25) is 0 Å². The predicted molar refractivity (Wildman–Crippen MR) is 53.0 cm³/mol. The van der Waals surface area contributed by atoms with E-state index in [1.54, 1.807) is 6.07 Å². The van der Waals surface area contributed by atoms with Crippen LogP contribution in [0.1, 0.15) is 12.8 Å². The fraction of sp³-hybridized carbons (Fsp3) is 0.400. The van der Waals surface area contributed by atoms with E-state index in [-0.39, 0.29) is 17.2 Å². The molecule has 1 aromatic carbocycles. The molecule has 0 unspecified atom stereocenters. The first-order valence-electron chi connectivity index (χ1n) is 4.52. The van der Waals surface area contributed by atoms with Gasteiger partial charge in [0.05, 0.1) is 5.02 Å². The Morgan fingerprint density at radius 3 is 2.71 bits per heavy atom. The van der Waals surface area contributed by atoms with Crippen LogP contribution in [0.2, 0.25) is 5.02 Å². The third-order valence-electron chi connectivity index (χ3n) is 2.33. The molecule has 0 atom stereocenters. The second-order valence-corrected chi connectivity index (χ2v) is 3.95. The van der Waals surface area contributed by atoms with E-state index in [4.69, 9.17) is 22.1 Å². The zero-order valence-corrected chi connectivity index (χ0v) is 8.30. The number of benzene rings is 1. The molecule has 0 heterocycles. The summed E-state index contributed by atoms with van der Waals surface area (Å²) in [4.78, 5) is 0. The third kappa shape index (κ3) is 1.99. The predicted octanol–water partition coefficient (Wildman–Crippen LogP) is 2.35. The fourth-order valence-corrected chi connectivity index (χ4v) is 1.56. The third-order valence-corrected chi connectivity index (χ3v) is 2.63. The monoisotopic (exact) mass is 215 g/mol. The standard InChI is InChI=1S/C10H11ClFNO/c11-9-2-1-7(5-10(9)12)14-8-3-6(13)4-8/h1-2,5-6,8H,3-4,13H2. The van der Waals surface area contributed by atoms with Gasteiger partial charge in [-0.2, -0.15) is 0 Å². The Bertz CT molecular complexity index is 339. The molecule has 0 spiro atoms. The minimum absolute atomic E-state index is 0.114. The molecule has 1 aliphatic carbocycles. The molecule has 0 bridgehead atoms. The van der Waals surface area contributed by atoms with Gasteiger partial charge >= 0.3 is 0 Å². The Hall–Kier alpha value is -0.800. The lowest BCUT2D eigenvalue weighted by molar-refractivity contribution is 0.100. The van der Waals surface area contributed by atoms with Gasteiger partial charge in [-0.05, 0) is 25.0 Å². The first-order chi connectivity index (χ1) is 6.65. The maximum atomic E-state index is 13.0. The summed E-state index contributed by atoms with van der Waals surface area (Å²) in [6, 6.07) is 4.68. The van der Waals surface area contributed by atoms with Gasteiger partial charge in [-0.15, -0.1) is 0 Å². The van der Waals surface area contributed by atoms with Crippen molar-refractivity contribution in [2.45, 2.75) is 25.0 Å². The second kappa shape index (κ2) is 3.75. The molecule has 1 saturated carbocycles. The Morgan fingerprint density at radius 1 is 1.43 bits per heavy atom. The van der Waals surface area contributed by atoms with Crippen LogP contribution in [0.25, 0.3) is 0 Å². The summed E-state index contributed by atoms with van der Waals surface area (Å²) in [7, 11) is 0. The summed E-state index contributed by atoms with van der Waals surface area (Å²) in [5, 5.41) is 0.114. The average Bonchev–Trinajstić information content (AvgIpc) is 2.09. The van der Waals surface area contributed by atoms with E-state index in [9.17, 15) is 4.39 Å². The highest BCUT2D eigenvalue weighted by atomic mass is 35.5. The summed E-state index contributed by atoms with van der Waals surface area (Å²) >= 11 is 5.54. The van der Waals surface area contributed by atoms with Crippen LogP contribution in [0, 0.1) is 5.82 Å². The van der Waals surface area contributed by atoms with Crippen LogP contribution in [-0.2, 0) is 0 Å². The van der Waals surface area contributed by atoms with Crippen molar-refractivity contribution in [3.05, 3.63) is 29.0 Å². The highest BCUT2D eigenvalue weighted by Gasteiger charge is 2.27. The van der Waals surface area contributed by atoms with Crippen molar-refractivity contribution in [2.24, 2.45) is 5.73 Å². The van der Waals surface area contributed by atoms with Crippen molar-refractivity contribution in [3.63, 3.8) is 0 Å². The van der Waals surface area contributed by atoms with Crippen LogP contribution >= 0.6 is 11.6 Å². The van der Waals surface area contributed by atoms with Crippen molar-refractivity contribution in [2.75, 3.05) is 0 Å². The maximum Gasteiger partial charge on any atom is 0.145 e. The molecule has 14 heavy (non-hydrogen) atoms. The van der Waals surface area contributed by atoms with Crippen LogP contribution in [0.5, 0.6) is 5.75 Å². The van der Waals surface area contributed by atoms with Crippen LogP contribution in [0.15, 0.2) is 18.2 Å². The summed E-state index contributed by atoms with van der Waals surface area (Å²) in [5.41, 5.74) is 5.60. The molecule has 2 nitrogen and oxygen atoms in total. The van der Waals surface area contributed by atoms with Crippen molar-refractivity contribution >= 4 is 11.6 Å². The van der Waals surface area contributed by atoms with Crippen LogP contribution < -0.4 is 10.5 Å². The van der Waals surface area contributed by atoms with E-state index in [1.165, 1.54) is 12.1 Å². The van der Waals surface area contributed by atoms with Crippen molar-refractivity contribution in [1.29, 1.82) is 0 Å².